The molecule has 0 aliphatic rings. The van der Waals surface area contributed by atoms with Gasteiger partial charge in [0, 0.05) is 20.9 Å². The number of halogens is 1. The molecule has 0 spiro atoms. The van der Waals surface area contributed by atoms with Crippen LogP contribution in [0.2, 0.25) is 5.15 Å². The number of pyridine rings is 1. The van der Waals surface area contributed by atoms with E-state index in [4.69, 9.17) is 21.1 Å². The number of hydrogen-bond donors (Lipinski definition) is 0. The Bertz CT molecular complexity index is 1030. The summed E-state index contributed by atoms with van der Waals surface area (Å²) >= 11 is 8.02. The van der Waals surface area contributed by atoms with E-state index in [2.05, 4.69) is 11.1 Å². The minimum atomic E-state index is 0.535. The van der Waals surface area contributed by atoms with Crippen LogP contribution >= 0.6 is 22.9 Å². The topological polar surface area (TPSA) is 31.4 Å². The van der Waals surface area contributed by atoms with Gasteiger partial charge in [0.1, 0.15) is 16.7 Å². The fourth-order valence-electron chi connectivity index (χ4n) is 2.71. The predicted octanol–water partition coefficient (Wildman–Crippen LogP) is 5.27. The van der Waals surface area contributed by atoms with Gasteiger partial charge >= 0.3 is 0 Å². The van der Waals surface area contributed by atoms with Gasteiger partial charge in [0.25, 0.3) is 0 Å². The maximum absolute atomic E-state index is 6.39. The first kappa shape index (κ1) is 13.6. The summed E-state index contributed by atoms with van der Waals surface area (Å²) in [6.45, 7) is 0. The third-order valence-electron chi connectivity index (χ3n) is 3.78. The van der Waals surface area contributed by atoms with Crippen LogP contribution in [0.3, 0.4) is 0 Å². The van der Waals surface area contributed by atoms with Crippen LogP contribution in [0.25, 0.3) is 31.1 Å². The lowest BCUT2D eigenvalue weighted by Crippen LogP contribution is -1.86. The van der Waals surface area contributed by atoms with Crippen molar-refractivity contribution in [1.82, 2.24) is 4.98 Å². The first-order valence-corrected chi connectivity index (χ1v) is 7.94. The highest BCUT2D eigenvalue weighted by Gasteiger charge is 2.14. The molecule has 0 saturated heterocycles. The lowest BCUT2D eigenvalue weighted by molar-refractivity contribution is 0.415. The minimum absolute atomic E-state index is 0.535. The number of aromatic nitrogens is 1. The van der Waals surface area contributed by atoms with Crippen molar-refractivity contribution < 1.29 is 9.47 Å². The quantitative estimate of drug-likeness (QED) is 0.469. The van der Waals surface area contributed by atoms with E-state index in [1.807, 2.05) is 30.3 Å². The van der Waals surface area contributed by atoms with Crippen molar-refractivity contribution in [2.24, 2.45) is 0 Å². The third kappa shape index (κ3) is 1.91. The smallest absolute Gasteiger partial charge is 0.147 e. The second-order valence-corrected chi connectivity index (χ2v) is 6.36. The average molecular weight is 330 g/mol. The van der Waals surface area contributed by atoms with Crippen LogP contribution in [-0.4, -0.2) is 19.2 Å². The van der Waals surface area contributed by atoms with E-state index in [-0.39, 0.29) is 0 Å². The molecule has 2 aromatic heterocycles. The van der Waals surface area contributed by atoms with E-state index in [1.165, 1.54) is 0 Å². The van der Waals surface area contributed by atoms with Crippen molar-refractivity contribution in [2.45, 2.75) is 0 Å². The fraction of sp³-hybridized carbons (Fsp3) is 0.118. The summed E-state index contributed by atoms with van der Waals surface area (Å²) in [5.74, 6) is 1.65. The second kappa shape index (κ2) is 5.00. The average Bonchev–Trinajstić information content (AvgIpc) is 2.94. The highest BCUT2D eigenvalue weighted by atomic mass is 35.5. The molecule has 0 aliphatic carbocycles. The van der Waals surface area contributed by atoms with Crippen LogP contribution in [-0.2, 0) is 0 Å². The van der Waals surface area contributed by atoms with Crippen molar-refractivity contribution in [3.63, 3.8) is 0 Å². The van der Waals surface area contributed by atoms with Crippen LogP contribution in [0.15, 0.2) is 36.4 Å². The van der Waals surface area contributed by atoms with Crippen molar-refractivity contribution >= 4 is 54.0 Å². The highest BCUT2D eigenvalue weighted by Crippen LogP contribution is 2.42. The van der Waals surface area contributed by atoms with Gasteiger partial charge in [0.15, 0.2) is 0 Å². The van der Waals surface area contributed by atoms with Crippen LogP contribution in [0, 0.1) is 0 Å². The Balaban J connectivity index is 2.21. The number of methoxy groups -OCH3 is 2. The van der Waals surface area contributed by atoms with Crippen molar-refractivity contribution in [3.8, 4) is 11.5 Å². The van der Waals surface area contributed by atoms with Gasteiger partial charge in [0.2, 0.25) is 0 Å². The number of nitrogens with zero attached hydrogens (tertiary/aromatic N) is 1. The molecule has 0 atom stereocenters. The normalized spacial score (nSPS) is 11.4. The third-order valence-corrected chi connectivity index (χ3v) is 5.32. The Kier molecular flexibility index (Phi) is 3.10. The molecule has 0 radical (unpaired) electrons. The standard InChI is InChI=1S/C17H12ClNO2S/c1-20-9-4-6-13-12(7-9)15-11-5-3-10(21-2)8-14(11)22-16(15)17(18)19-13/h3-8H,1-2H3. The molecular formula is C17H12ClNO2S. The monoisotopic (exact) mass is 329 g/mol. The SMILES string of the molecule is COc1ccc2c(c1)sc1c(Cl)nc3ccc(OC)cc3c12. The molecule has 2 aromatic carbocycles. The number of hydrogen-bond acceptors (Lipinski definition) is 4. The Labute approximate surface area is 136 Å². The van der Waals surface area contributed by atoms with Gasteiger partial charge in [-0.3, -0.25) is 0 Å². The molecule has 22 heavy (non-hydrogen) atoms. The van der Waals surface area contributed by atoms with E-state index in [1.54, 1.807) is 25.6 Å². The molecule has 4 aromatic rings. The molecular weight excluding hydrogens is 318 g/mol. The van der Waals surface area contributed by atoms with E-state index >= 15 is 0 Å². The summed E-state index contributed by atoms with van der Waals surface area (Å²) in [7, 11) is 3.33. The first-order chi connectivity index (χ1) is 10.7. The molecule has 0 unspecified atom stereocenters. The predicted molar refractivity (Wildman–Crippen MR) is 92.7 cm³/mol. The van der Waals surface area contributed by atoms with E-state index in [0.717, 1.165) is 42.6 Å². The zero-order valence-electron chi connectivity index (χ0n) is 12.0. The Morgan fingerprint density at radius 2 is 1.68 bits per heavy atom. The fourth-order valence-corrected chi connectivity index (χ4v) is 4.14. The van der Waals surface area contributed by atoms with Crippen molar-refractivity contribution in [1.29, 1.82) is 0 Å². The molecule has 0 amide bonds. The van der Waals surface area contributed by atoms with E-state index in [9.17, 15) is 0 Å². The molecule has 0 saturated carbocycles. The Hall–Kier alpha value is -2.04. The molecule has 0 aliphatic heterocycles. The van der Waals surface area contributed by atoms with Gasteiger partial charge in [-0.25, -0.2) is 4.98 Å². The Morgan fingerprint density at radius 3 is 2.45 bits per heavy atom. The molecule has 4 rings (SSSR count). The summed E-state index contributed by atoms with van der Waals surface area (Å²) in [4.78, 5) is 4.51. The zero-order valence-corrected chi connectivity index (χ0v) is 13.6. The molecule has 0 N–H and O–H groups in total. The van der Waals surface area contributed by atoms with Gasteiger partial charge < -0.3 is 9.47 Å². The van der Waals surface area contributed by atoms with Crippen molar-refractivity contribution in [3.05, 3.63) is 41.6 Å². The number of rotatable bonds is 2. The van der Waals surface area contributed by atoms with Crippen LogP contribution < -0.4 is 9.47 Å². The van der Waals surface area contributed by atoms with Crippen molar-refractivity contribution in [2.75, 3.05) is 14.2 Å². The molecule has 3 nitrogen and oxygen atoms in total. The molecule has 0 fully saturated rings. The van der Waals surface area contributed by atoms with Gasteiger partial charge in [-0.05, 0) is 36.4 Å². The molecule has 5 heteroatoms. The summed E-state index contributed by atoms with van der Waals surface area (Å²) in [6, 6.07) is 11.9. The summed E-state index contributed by atoms with van der Waals surface area (Å²) in [5.41, 5.74) is 0.869. The lowest BCUT2D eigenvalue weighted by atomic mass is 10.1. The van der Waals surface area contributed by atoms with E-state index < -0.39 is 0 Å². The second-order valence-electron chi connectivity index (χ2n) is 4.95. The van der Waals surface area contributed by atoms with Gasteiger partial charge in [-0.1, -0.05) is 11.6 Å². The maximum atomic E-state index is 6.39. The highest BCUT2D eigenvalue weighted by molar-refractivity contribution is 7.26. The van der Waals surface area contributed by atoms with Gasteiger partial charge in [-0.15, -0.1) is 11.3 Å². The van der Waals surface area contributed by atoms with Gasteiger partial charge in [0.05, 0.1) is 24.4 Å². The molecule has 0 bridgehead atoms. The summed E-state index contributed by atoms with van der Waals surface area (Å²) in [6.07, 6.45) is 0. The molecule has 2 heterocycles. The number of fused-ring (bicyclic) bond motifs is 5. The first-order valence-electron chi connectivity index (χ1n) is 6.75. The number of ether oxygens (including phenoxy) is 2. The van der Waals surface area contributed by atoms with Gasteiger partial charge in [-0.2, -0.15) is 0 Å². The summed E-state index contributed by atoms with van der Waals surface area (Å²) in [5, 5.41) is 3.86. The largest absolute Gasteiger partial charge is 0.497 e. The van der Waals surface area contributed by atoms with Crippen LogP contribution in [0.5, 0.6) is 11.5 Å². The Morgan fingerprint density at radius 1 is 0.955 bits per heavy atom. The maximum Gasteiger partial charge on any atom is 0.147 e. The number of thiophene rings is 1. The number of benzene rings is 2. The zero-order chi connectivity index (χ0) is 15.3. The van der Waals surface area contributed by atoms with Crippen LogP contribution in [0.4, 0.5) is 0 Å². The van der Waals surface area contributed by atoms with E-state index in [0.29, 0.717) is 5.15 Å². The lowest BCUT2D eigenvalue weighted by Gasteiger charge is -2.05. The van der Waals surface area contributed by atoms with Crippen LogP contribution in [0.1, 0.15) is 0 Å². The summed E-state index contributed by atoms with van der Waals surface area (Å²) < 4.78 is 12.8. The minimum Gasteiger partial charge on any atom is -0.497 e. The molecule has 110 valence electrons.